The van der Waals surface area contributed by atoms with Gasteiger partial charge in [0.15, 0.2) is 0 Å². The van der Waals surface area contributed by atoms with Crippen LogP contribution in [0.25, 0.3) is 0 Å². The Hall–Kier alpha value is 0.274. The van der Waals surface area contributed by atoms with E-state index in [0.717, 1.165) is 0 Å². The van der Waals surface area contributed by atoms with Gasteiger partial charge in [0.25, 0.3) is 0 Å². The van der Waals surface area contributed by atoms with E-state index >= 15 is 0 Å². The summed E-state index contributed by atoms with van der Waals surface area (Å²) in [6.45, 7) is 8.00. The molecule has 0 radical (unpaired) electrons. The first-order chi connectivity index (χ1) is 6.25. The van der Waals surface area contributed by atoms with Crippen LogP contribution in [0, 0.1) is 11.8 Å². The van der Waals surface area contributed by atoms with E-state index in [0.29, 0.717) is 23.9 Å². The maximum absolute atomic E-state index is 9.80. The molecule has 0 saturated carbocycles. The highest BCUT2D eigenvalue weighted by atomic mass is 28.5. The van der Waals surface area contributed by atoms with Crippen molar-refractivity contribution in [3.8, 4) is 0 Å². The Kier molecular flexibility index (Phi) is 3.55. The maximum atomic E-state index is 9.80. The smallest absolute Gasteiger partial charge is 0.391 e. The lowest BCUT2D eigenvalue weighted by Crippen LogP contribution is -2.71. The average Bonchev–Trinajstić information content (AvgIpc) is 1.76. The molecule has 84 valence electrons. The molecular formula is C8H20O4Si2. The molecule has 0 bridgehead atoms. The van der Waals surface area contributed by atoms with Crippen LogP contribution in [0.3, 0.4) is 0 Å². The lowest BCUT2D eigenvalue weighted by molar-refractivity contribution is 0.0599. The van der Waals surface area contributed by atoms with Crippen molar-refractivity contribution in [3.05, 3.63) is 0 Å². The first-order valence-corrected chi connectivity index (χ1v) is 9.04. The normalized spacial score (nSPS) is 37.7. The van der Waals surface area contributed by atoms with Crippen molar-refractivity contribution in [1.29, 1.82) is 0 Å². The summed E-state index contributed by atoms with van der Waals surface area (Å²) in [7, 11) is -5.90. The molecule has 2 N–H and O–H groups in total. The second-order valence-electron chi connectivity index (χ2n) is 4.83. The molecular weight excluding hydrogens is 216 g/mol. The van der Waals surface area contributed by atoms with E-state index in [4.69, 9.17) is 8.23 Å². The minimum absolute atomic E-state index is 0.337. The molecule has 4 nitrogen and oxygen atoms in total. The summed E-state index contributed by atoms with van der Waals surface area (Å²) in [4.78, 5) is 19.6. The molecule has 0 aromatic carbocycles. The molecule has 0 spiro atoms. The third kappa shape index (κ3) is 3.14. The van der Waals surface area contributed by atoms with Gasteiger partial charge in [-0.1, -0.05) is 27.7 Å². The van der Waals surface area contributed by atoms with Gasteiger partial charge in [-0.2, -0.15) is 0 Å². The highest BCUT2D eigenvalue weighted by Crippen LogP contribution is 2.36. The average molecular weight is 236 g/mol. The van der Waals surface area contributed by atoms with E-state index in [2.05, 4.69) is 0 Å². The highest BCUT2D eigenvalue weighted by Gasteiger charge is 2.63. The minimum Gasteiger partial charge on any atom is -0.391 e. The largest absolute Gasteiger partial charge is 0.483 e. The predicted molar refractivity (Wildman–Crippen MR) is 57.4 cm³/mol. The summed E-state index contributed by atoms with van der Waals surface area (Å²) >= 11 is 0. The van der Waals surface area contributed by atoms with Crippen LogP contribution in [0.2, 0.25) is 12.1 Å². The first-order valence-electron chi connectivity index (χ1n) is 5.10. The van der Waals surface area contributed by atoms with E-state index in [9.17, 15) is 9.59 Å². The van der Waals surface area contributed by atoms with Gasteiger partial charge in [0.2, 0.25) is 0 Å². The van der Waals surface area contributed by atoms with Gasteiger partial charge in [-0.15, -0.1) is 0 Å². The fraction of sp³-hybridized carbons (Fsp3) is 1.00. The fourth-order valence-electron chi connectivity index (χ4n) is 1.70. The van der Waals surface area contributed by atoms with E-state index in [-0.39, 0.29) is 0 Å². The molecule has 0 aliphatic carbocycles. The second kappa shape index (κ2) is 4.03. The van der Waals surface area contributed by atoms with Gasteiger partial charge in [0, 0.05) is 12.1 Å². The second-order valence-corrected chi connectivity index (χ2v) is 10.1. The molecule has 6 heteroatoms. The van der Waals surface area contributed by atoms with Gasteiger partial charge in [-0.25, -0.2) is 0 Å². The third-order valence-electron chi connectivity index (χ3n) is 1.97. The van der Waals surface area contributed by atoms with Crippen LogP contribution < -0.4 is 0 Å². The number of hydrogen-bond acceptors (Lipinski definition) is 4. The van der Waals surface area contributed by atoms with Crippen LogP contribution in [0.1, 0.15) is 27.7 Å². The third-order valence-corrected chi connectivity index (χ3v) is 9.74. The summed E-state index contributed by atoms with van der Waals surface area (Å²) in [6, 6.07) is 1.08. The highest BCUT2D eigenvalue weighted by molar-refractivity contribution is 6.87. The Morgan fingerprint density at radius 3 is 1.36 bits per heavy atom. The Balaban J connectivity index is 2.40. The Bertz CT molecular complexity index is 182. The quantitative estimate of drug-likeness (QED) is 0.720. The van der Waals surface area contributed by atoms with Crippen molar-refractivity contribution < 1.29 is 17.8 Å². The molecule has 0 amide bonds. The van der Waals surface area contributed by atoms with Crippen LogP contribution >= 0.6 is 0 Å². The molecule has 0 unspecified atom stereocenters. The monoisotopic (exact) mass is 236 g/mol. The molecule has 0 aromatic rings. The minimum atomic E-state index is -2.95. The molecule has 1 saturated heterocycles. The fourth-order valence-corrected chi connectivity index (χ4v) is 9.15. The summed E-state index contributed by atoms with van der Waals surface area (Å²) in [5.41, 5.74) is 0. The summed E-state index contributed by atoms with van der Waals surface area (Å²) < 4.78 is 10.6. The summed E-state index contributed by atoms with van der Waals surface area (Å²) in [5.74, 6) is 0.675. The molecule has 0 atom stereocenters. The zero-order valence-electron chi connectivity index (χ0n) is 9.28. The van der Waals surface area contributed by atoms with Gasteiger partial charge in [0.1, 0.15) is 0 Å². The van der Waals surface area contributed by atoms with Crippen molar-refractivity contribution in [2.45, 2.75) is 39.8 Å². The molecule has 1 aliphatic heterocycles. The van der Waals surface area contributed by atoms with E-state index in [1.807, 2.05) is 27.7 Å². The van der Waals surface area contributed by atoms with Crippen molar-refractivity contribution >= 4 is 17.6 Å². The maximum Gasteiger partial charge on any atom is 0.483 e. The Morgan fingerprint density at radius 1 is 0.857 bits per heavy atom. The number of hydrogen-bond donors (Lipinski definition) is 2. The van der Waals surface area contributed by atoms with E-state index in [1.165, 1.54) is 0 Å². The van der Waals surface area contributed by atoms with Crippen LogP contribution in [-0.4, -0.2) is 27.2 Å². The predicted octanol–water partition coefficient (Wildman–Crippen LogP) is 1.21. The van der Waals surface area contributed by atoms with Crippen molar-refractivity contribution in [2.75, 3.05) is 0 Å². The topological polar surface area (TPSA) is 58.9 Å². The molecule has 1 rings (SSSR count). The molecule has 1 fully saturated rings. The Morgan fingerprint density at radius 2 is 1.14 bits per heavy atom. The summed E-state index contributed by atoms with van der Waals surface area (Å²) in [5, 5.41) is 0. The molecule has 1 aliphatic rings. The van der Waals surface area contributed by atoms with Crippen LogP contribution in [0.5, 0.6) is 0 Å². The van der Waals surface area contributed by atoms with Gasteiger partial charge in [0.05, 0.1) is 0 Å². The van der Waals surface area contributed by atoms with Crippen molar-refractivity contribution in [2.24, 2.45) is 11.8 Å². The summed E-state index contributed by atoms with van der Waals surface area (Å²) in [6.07, 6.45) is 0. The zero-order chi connectivity index (χ0) is 11.0. The van der Waals surface area contributed by atoms with Gasteiger partial charge in [-0.05, 0) is 11.8 Å². The molecule has 14 heavy (non-hydrogen) atoms. The van der Waals surface area contributed by atoms with Crippen LogP contribution in [-0.2, 0) is 8.23 Å². The molecule has 1 heterocycles. The Labute approximate surface area is 87.6 Å². The lowest BCUT2D eigenvalue weighted by atomic mass is 10.3. The standard InChI is InChI=1S/C8H20O4Si2/c1-7(2)5-13(9)11-14(10,12-13)6-8(3)4/h7-10H,5-6H2,1-4H3. The van der Waals surface area contributed by atoms with Crippen LogP contribution in [0.15, 0.2) is 0 Å². The van der Waals surface area contributed by atoms with Crippen LogP contribution in [0.4, 0.5) is 0 Å². The first kappa shape index (κ1) is 12.3. The van der Waals surface area contributed by atoms with Gasteiger partial charge < -0.3 is 17.8 Å². The van der Waals surface area contributed by atoms with Gasteiger partial charge >= 0.3 is 17.6 Å². The molecule has 0 aromatic heterocycles. The van der Waals surface area contributed by atoms with Crippen molar-refractivity contribution in [3.63, 3.8) is 0 Å². The van der Waals surface area contributed by atoms with E-state index in [1.54, 1.807) is 0 Å². The van der Waals surface area contributed by atoms with Gasteiger partial charge in [-0.3, -0.25) is 0 Å². The lowest BCUT2D eigenvalue weighted by Gasteiger charge is -2.46. The van der Waals surface area contributed by atoms with E-state index < -0.39 is 17.6 Å². The van der Waals surface area contributed by atoms with Crippen molar-refractivity contribution in [1.82, 2.24) is 0 Å². The SMILES string of the molecule is CC(C)C[Si]1(O)O[Si](O)(CC(C)C)O1. The zero-order valence-corrected chi connectivity index (χ0v) is 11.3. The number of rotatable bonds is 4.